The van der Waals surface area contributed by atoms with E-state index in [4.69, 9.17) is 0 Å². The molecule has 0 nitrogen and oxygen atoms in total. The highest BCUT2D eigenvalue weighted by atomic mass is 14.1. The number of hydrogen-bond donors (Lipinski definition) is 0. The van der Waals surface area contributed by atoms with Crippen LogP contribution in [0, 0.1) is 5.92 Å². The topological polar surface area (TPSA) is 0 Å². The molecule has 0 radical (unpaired) electrons. The Kier molecular flexibility index (Phi) is 5.66. The molecular formula is C14H24. The molecule has 80 valence electrons. The van der Waals surface area contributed by atoms with E-state index in [2.05, 4.69) is 32.1 Å². The van der Waals surface area contributed by atoms with Gasteiger partial charge in [-0.25, -0.2) is 0 Å². The van der Waals surface area contributed by atoms with Crippen LogP contribution in [0.5, 0.6) is 0 Å². The van der Waals surface area contributed by atoms with Crippen molar-refractivity contribution in [1.29, 1.82) is 0 Å². The molecule has 0 aliphatic heterocycles. The van der Waals surface area contributed by atoms with Gasteiger partial charge in [-0.1, -0.05) is 64.2 Å². The fraction of sp³-hybridized carbons (Fsp3) is 0.714. The predicted octanol–water partition coefficient (Wildman–Crippen LogP) is 4.87. The fourth-order valence-corrected chi connectivity index (χ4v) is 2.06. The van der Waals surface area contributed by atoms with Gasteiger partial charge in [0.1, 0.15) is 0 Å². The van der Waals surface area contributed by atoms with Crippen LogP contribution in [0.4, 0.5) is 0 Å². The molecule has 0 heterocycles. The fourth-order valence-electron chi connectivity index (χ4n) is 2.06. The van der Waals surface area contributed by atoms with Crippen molar-refractivity contribution in [2.75, 3.05) is 0 Å². The van der Waals surface area contributed by atoms with Gasteiger partial charge in [0, 0.05) is 0 Å². The summed E-state index contributed by atoms with van der Waals surface area (Å²) >= 11 is 0. The lowest BCUT2D eigenvalue weighted by atomic mass is 9.95. The second kappa shape index (κ2) is 6.86. The molecule has 1 rings (SSSR count). The molecule has 1 aliphatic rings. The maximum absolute atomic E-state index is 2.37. The van der Waals surface area contributed by atoms with Crippen molar-refractivity contribution >= 4 is 0 Å². The van der Waals surface area contributed by atoms with E-state index in [9.17, 15) is 0 Å². The summed E-state index contributed by atoms with van der Waals surface area (Å²) in [5, 5.41) is 0. The smallest absolute Gasteiger partial charge is 0.0160 e. The molecule has 0 bridgehead atoms. The average molecular weight is 192 g/mol. The summed E-state index contributed by atoms with van der Waals surface area (Å²) < 4.78 is 0. The summed E-state index contributed by atoms with van der Waals surface area (Å²) in [6.45, 7) is 4.64. The minimum atomic E-state index is 0.787. The van der Waals surface area contributed by atoms with E-state index in [0.717, 1.165) is 12.3 Å². The van der Waals surface area contributed by atoms with Gasteiger partial charge in [-0.15, -0.1) is 0 Å². The van der Waals surface area contributed by atoms with Crippen molar-refractivity contribution in [2.45, 2.75) is 58.8 Å². The molecular weight excluding hydrogens is 168 g/mol. The molecule has 0 saturated heterocycles. The zero-order chi connectivity index (χ0) is 10.2. The first kappa shape index (κ1) is 11.6. The van der Waals surface area contributed by atoms with Gasteiger partial charge in [-0.2, -0.15) is 0 Å². The zero-order valence-electron chi connectivity index (χ0n) is 9.76. The van der Waals surface area contributed by atoms with Gasteiger partial charge in [0.25, 0.3) is 0 Å². The Morgan fingerprint density at radius 2 is 2.00 bits per heavy atom. The van der Waals surface area contributed by atoms with Crippen LogP contribution in [0.15, 0.2) is 23.8 Å². The Bertz CT molecular complexity index is 198. The Labute approximate surface area is 89.1 Å². The van der Waals surface area contributed by atoms with E-state index >= 15 is 0 Å². The Hall–Kier alpha value is -0.520. The summed E-state index contributed by atoms with van der Waals surface area (Å²) in [6.07, 6.45) is 16.5. The molecule has 0 amide bonds. The quantitative estimate of drug-likeness (QED) is 0.505. The lowest BCUT2D eigenvalue weighted by Gasteiger charge is -2.10. The van der Waals surface area contributed by atoms with Gasteiger partial charge in [-0.3, -0.25) is 0 Å². The molecule has 0 aromatic carbocycles. The van der Waals surface area contributed by atoms with Crippen LogP contribution >= 0.6 is 0 Å². The Morgan fingerprint density at radius 1 is 1.21 bits per heavy atom. The molecule has 0 saturated carbocycles. The van der Waals surface area contributed by atoms with Crippen LogP contribution in [0.2, 0.25) is 0 Å². The zero-order valence-corrected chi connectivity index (χ0v) is 9.76. The number of unbranched alkanes of at least 4 members (excludes halogenated alkanes) is 4. The number of hydrogen-bond acceptors (Lipinski definition) is 0. The van der Waals surface area contributed by atoms with Gasteiger partial charge >= 0.3 is 0 Å². The van der Waals surface area contributed by atoms with Crippen LogP contribution < -0.4 is 0 Å². The van der Waals surface area contributed by atoms with Crippen LogP contribution in [-0.2, 0) is 0 Å². The van der Waals surface area contributed by atoms with Gasteiger partial charge in [-0.05, 0) is 24.3 Å². The van der Waals surface area contributed by atoms with E-state index in [1.165, 1.54) is 38.5 Å². The normalized spacial score (nSPS) is 17.1. The summed E-state index contributed by atoms with van der Waals surface area (Å²) in [7, 11) is 0. The maximum atomic E-state index is 2.37. The Balaban J connectivity index is 2.03. The standard InChI is InChI=1S/C14H24/c1-3-4-5-6-7-10-13(2)14-11-8-9-12-14/h8,11-13H,3-7,9-10H2,1-2H3. The molecule has 0 fully saturated rings. The van der Waals surface area contributed by atoms with E-state index in [-0.39, 0.29) is 0 Å². The highest BCUT2D eigenvalue weighted by Crippen LogP contribution is 2.23. The van der Waals surface area contributed by atoms with Gasteiger partial charge in [0.15, 0.2) is 0 Å². The van der Waals surface area contributed by atoms with Crippen molar-refractivity contribution < 1.29 is 0 Å². The molecule has 1 atom stereocenters. The molecule has 0 N–H and O–H groups in total. The number of allylic oxidation sites excluding steroid dienone is 4. The van der Waals surface area contributed by atoms with E-state index < -0.39 is 0 Å². The van der Waals surface area contributed by atoms with E-state index in [1.807, 2.05) is 0 Å². The molecule has 14 heavy (non-hydrogen) atoms. The maximum Gasteiger partial charge on any atom is -0.0160 e. The van der Waals surface area contributed by atoms with Crippen LogP contribution in [0.1, 0.15) is 58.8 Å². The third kappa shape index (κ3) is 4.13. The molecule has 1 unspecified atom stereocenters. The third-order valence-corrected chi connectivity index (χ3v) is 3.11. The molecule has 0 aromatic heterocycles. The minimum absolute atomic E-state index is 0.787. The van der Waals surface area contributed by atoms with Gasteiger partial charge < -0.3 is 0 Å². The van der Waals surface area contributed by atoms with Crippen molar-refractivity contribution in [1.82, 2.24) is 0 Å². The minimum Gasteiger partial charge on any atom is -0.0805 e. The molecule has 0 heteroatoms. The third-order valence-electron chi connectivity index (χ3n) is 3.11. The number of rotatable bonds is 7. The highest BCUT2D eigenvalue weighted by molar-refractivity contribution is 5.27. The van der Waals surface area contributed by atoms with E-state index in [1.54, 1.807) is 5.57 Å². The molecule has 0 aromatic rings. The predicted molar refractivity (Wildman–Crippen MR) is 64.4 cm³/mol. The van der Waals surface area contributed by atoms with E-state index in [0.29, 0.717) is 0 Å². The van der Waals surface area contributed by atoms with Crippen LogP contribution in [0.3, 0.4) is 0 Å². The monoisotopic (exact) mass is 192 g/mol. The van der Waals surface area contributed by atoms with Crippen LogP contribution in [0.25, 0.3) is 0 Å². The lowest BCUT2D eigenvalue weighted by molar-refractivity contribution is 0.540. The second-order valence-corrected chi connectivity index (χ2v) is 4.45. The SMILES string of the molecule is CCCCCCCC(C)C1=CCC=C1. The van der Waals surface area contributed by atoms with Gasteiger partial charge in [0.05, 0.1) is 0 Å². The summed E-state index contributed by atoms with van der Waals surface area (Å²) in [6, 6.07) is 0. The molecule has 1 aliphatic carbocycles. The van der Waals surface area contributed by atoms with Crippen molar-refractivity contribution in [3.05, 3.63) is 23.8 Å². The van der Waals surface area contributed by atoms with Crippen molar-refractivity contribution in [2.24, 2.45) is 5.92 Å². The first-order chi connectivity index (χ1) is 6.84. The average Bonchev–Trinajstić information content (AvgIpc) is 2.70. The summed E-state index contributed by atoms with van der Waals surface area (Å²) in [5.41, 5.74) is 1.57. The van der Waals surface area contributed by atoms with Crippen LogP contribution in [-0.4, -0.2) is 0 Å². The summed E-state index contributed by atoms with van der Waals surface area (Å²) in [4.78, 5) is 0. The Morgan fingerprint density at radius 3 is 2.64 bits per heavy atom. The lowest BCUT2D eigenvalue weighted by Crippen LogP contribution is -1.96. The molecule has 0 spiro atoms. The first-order valence-corrected chi connectivity index (χ1v) is 6.21. The summed E-state index contributed by atoms with van der Waals surface area (Å²) in [5.74, 6) is 0.787. The second-order valence-electron chi connectivity index (χ2n) is 4.45. The highest BCUT2D eigenvalue weighted by Gasteiger charge is 2.07. The largest absolute Gasteiger partial charge is 0.0805 e. The van der Waals surface area contributed by atoms with Crippen molar-refractivity contribution in [3.8, 4) is 0 Å². The van der Waals surface area contributed by atoms with Crippen molar-refractivity contribution in [3.63, 3.8) is 0 Å². The first-order valence-electron chi connectivity index (χ1n) is 6.21. The van der Waals surface area contributed by atoms with Gasteiger partial charge in [0.2, 0.25) is 0 Å².